The molecule has 5 heteroatoms. The van der Waals surface area contributed by atoms with E-state index in [9.17, 15) is 4.79 Å². The van der Waals surface area contributed by atoms with Crippen LogP contribution in [0.5, 0.6) is 5.75 Å². The van der Waals surface area contributed by atoms with Crippen molar-refractivity contribution < 1.29 is 9.53 Å². The molecule has 0 bridgehead atoms. The van der Waals surface area contributed by atoms with Crippen molar-refractivity contribution in [2.75, 3.05) is 33.3 Å². The highest BCUT2D eigenvalue weighted by Gasteiger charge is 2.21. The fraction of sp³-hybridized carbons (Fsp3) is 0.611. The Balaban J connectivity index is 1.78. The second kappa shape index (κ2) is 8.55. The number of carbonyl (C=O) groups excluding carboxylic acids is 1. The molecule has 128 valence electrons. The Labute approximate surface area is 144 Å². The Morgan fingerprint density at radius 1 is 1.35 bits per heavy atom. The Bertz CT molecular complexity index is 526. The van der Waals surface area contributed by atoms with Crippen LogP contribution in [0.2, 0.25) is 5.02 Å². The highest BCUT2D eigenvalue weighted by Crippen LogP contribution is 2.23. The van der Waals surface area contributed by atoms with Crippen LogP contribution in [0.1, 0.15) is 37.0 Å². The summed E-state index contributed by atoms with van der Waals surface area (Å²) in [4.78, 5) is 14.8. The maximum absolute atomic E-state index is 12.3. The van der Waals surface area contributed by atoms with Gasteiger partial charge in [-0.05, 0) is 49.4 Å². The summed E-state index contributed by atoms with van der Waals surface area (Å²) in [7, 11) is 1.55. The normalized spacial score (nSPS) is 21.9. The van der Waals surface area contributed by atoms with Gasteiger partial charge < -0.3 is 15.0 Å². The van der Waals surface area contributed by atoms with Crippen LogP contribution in [-0.2, 0) is 0 Å². The van der Waals surface area contributed by atoms with Crippen molar-refractivity contribution in [3.8, 4) is 5.75 Å². The van der Waals surface area contributed by atoms with Gasteiger partial charge in [0.05, 0.1) is 12.7 Å². The van der Waals surface area contributed by atoms with Crippen LogP contribution in [0, 0.1) is 11.8 Å². The lowest BCUT2D eigenvalue weighted by atomic mass is 9.92. The molecule has 1 aliphatic heterocycles. The van der Waals surface area contributed by atoms with Gasteiger partial charge in [-0.2, -0.15) is 0 Å². The van der Waals surface area contributed by atoms with Crippen molar-refractivity contribution in [3.05, 3.63) is 28.8 Å². The summed E-state index contributed by atoms with van der Waals surface area (Å²) in [6.07, 6.45) is 2.27. The maximum atomic E-state index is 12.3. The highest BCUT2D eigenvalue weighted by molar-refractivity contribution is 6.31. The van der Waals surface area contributed by atoms with E-state index in [0.29, 0.717) is 22.9 Å². The number of carbonyl (C=O) groups is 1. The summed E-state index contributed by atoms with van der Waals surface area (Å²) < 4.78 is 5.22. The minimum absolute atomic E-state index is 0.135. The summed E-state index contributed by atoms with van der Waals surface area (Å²) in [5, 5.41) is 3.49. The van der Waals surface area contributed by atoms with Crippen LogP contribution in [0.4, 0.5) is 0 Å². The molecule has 1 N–H and O–H groups in total. The van der Waals surface area contributed by atoms with E-state index in [2.05, 4.69) is 24.1 Å². The molecular weight excluding hydrogens is 312 g/mol. The molecule has 0 saturated carbocycles. The average molecular weight is 339 g/mol. The van der Waals surface area contributed by atoms with E-state index in [-0.39, 0.29) is 5.91 Å². The first kappa shape index (κ1) is 18.1. The molecule has 0 aromatic heterocycles. The molecule has 0 radical (unpaired) electrons. The number of ether oxygens (including phenoxy) is 1. The number of amides is 1. The first-order valence-electron chi connectivity index (χ1n) is 8.33. The number of halogens is 1. The number of nitrogens with zero attached hydrogens (tertiary/aromatic N) is 1. The molecule has 1 aliphatic rings. The molecule has 2 rings (SSSR count). The summed E-state index contributed by atoms with van der Waals surface area (Å²) in [5.41, 5.74) is 0.486. The smallest absolute Gasteiger partial charge is 0.255 e. The zero-order chi connectivity index (χ0) is 16.8. The second-order valence-corrected chi connectivity index (χ2v) is 7.10. The van der Waals surface area contributed by atoms with E-state index in [1.54, 1.807) is 25.3 Å². The zero-order valence-electron chi connectivity index (χ0n) is 14.3. The topological polar surface area (TPSA) is 41.6 Å². The minimum Gasteiger partial charge on any atom is -0.496 e. The first-order valence-corrected chi connectivity index (χ1v) is 8.71. The van der Waals surface area contributed by atoms with Gasteiger partial charge in [-0.1, -0.05) is 25.4 Å². The average Bonchev–Trinajstić information content (AvgIpc) is 2.50. The van der Waals surface area contributed by atoms with Gasteiger partial charge in [-0.25, -0.2) is 0 Å². The largest absolute Gasteiger partial charge is 0.496 e. The van der Waals surface area contributed by atoms with Crippen LogP contribution >= 0.6 is 11.6 Å². The first-order chi connectivity index (χ1) is 11.0. The number of likely N-dealkylation sites (tertiary alicyclic amines) is 1. The lowest BCUT2D eigenvalue weighted by molar-refractivity contribution is 0.0944. The Morgan fingerprint density at radius 2 is 2.04 bits per heavy atom. The molecule has 1 aromatic carbocycles. The van der Waals surface area contributed by atoms with E-state index in [4.69, 9.17) is 16.3 Å². The predicted molar refractivity (Wildman–Crippen MR) is 94.3 cm³/mol. The van der Waals surface area contributed by atoms with E-state index >= 15 is 0 Å². The molecule has 1 aromatic rings. The van der Waals surface area contributed by atoms with Crippen LogP contribution in [0.3, 0.4) is 0 Å². The maximum Gasteiger partial charge on any atom is 0.255 e. The van der Waals surface area contributed by atoms with Gasteiger partial charge in [0.15, 0.2) is 0 Å². The highest BCUT2D eigenvalue weighted by atomic mass is 35.5. The number of hydrogen-bond acceptors (Lipinski definition) is 3. The van der Waals surface area contributed by atoms with Crippen LogP contribution in [-0.4, -0.2) is 44.1 Å². The molecule has 2 atom stereocenters. The van der Waals surface area contributed by atoms with E-state index in [1.165, 1.54) is 19.5 Å². The number of nitrogens with one attached hydrogen (secondary N) is 1. The van der Waals surface area contributed by atoms with Crippen molar-refractivity contribution in [2.24, 2.45) is 11.8 Å². The summed E-state index contributed by atoms with van der Waals surface area (Å²) >= 11 is 5.97. The lowest BCUT2D eigenvalue weighted by Crippen LogP contribution is -2.40. The van der Waals surface area contributed by atoms with Gasteiger partial charge in [-0.3, -0.25) is 4.79 Å². The predicted octanol–water partition coefficient (Wildman–Crippen LogP) is 3.45. The van der Waals surface area contributed by atoms with Crippen molar-refractivity contribution >= 4 is 17.5 Å². The summed E-state index contributed by atoms with van der Waals surface area (Å²) in [6, 6.07) is 5.08. The monoisotopic (exact) mass is 338 g/mol. The van der Waals surface area contributed by atoms with Crippen molar-refractivity contribution in [1.82, 2.24) is 10.2 Å². The third kappa shape index (κ3) is 5.40. The molecule has 1 heterocycles. The Kier molecular flexibility index (Phi) is 6.72. The van der Waals surface area contributed by atoms with Crippen LogP contribution in [0.15, 0.2) is 18.2 Å². The molecule has 23 heavy (non-hydrogen) atoms. The number of piperidine rings is 1. The zero-order valence-corrected chi connectivity index (χ0v) is 15.0. The van der Waals surface area contributed by atoms with Gasteiger partial charge in [-0.15, -0.1) is 0 Å². The molecule has 0 spiro atoms. The quantitative estimate of drug-likeness (QED) is 0.808. The lowest BCUT2D eigenvalue weighted by Gasteiger charge is -2.34. The minimum atomic E-state index is -0.135. The number of hydrogen-bond donors (Lipinski definition) is 1. The van der Waals surface area contributed by atoms with Crippen LogP contribution < -0.4 is 10.1 Å². The Morgan fingerprint density at radius 3 is 2.70 bits per heavy atom. The van der Waals surface area contributed by atoms with Gasteiger partial charge in [0.1, 0.15) is 5.75 Å². The molecule has 1 amide bonds. The molecule has 0 aliphatic carbocycles. The SMILES string of the molecule is COc1ccc(Cl)cc1C(=O)NCCCN1C[C@@H](C)C[C@H](C)C1. The van der Waals surface area contributed by atoms with Gasteiger partial charge >= 0.3 is 0 Å². The Hall–Kier alpha value is -1.26. The van der Waals surface area contributed by atoms with Gasteiger partial charge in [0.25, 0.3) is 5.91 Å². The molecule has 1 fully saturated rings. The fourth-order valence-corrected chi connectivity index (χ4v) is 3.60. The van der Waals surface area contributed by atoms with Crippen molar-refractivity contribution in [2.45, 2.75) is 26.7 Å². The molecular formula is C18H27ClN2O2. The van der Waals surface area contributed by atoms with Crippen LogP contribution in [0.25, 0.3) is 0 Å². The second-order valence-electron chi connectivity index (χ2n) is 6.66. The van der Waals surface area contributed by atoms with Gasteiger partial charge in [0, 0.05) is 24.7 Å². The van der Waals surface area contributed by atoms with Crippen molar-refractivity contribution in [1.29, 1.82) is 0 Å². The molecule has 1 saturated heterocycles. The third-order valence-corrected chi connectivity index (χ3v) is 4.52. The fourth-order valence-electron chi connectivity index (χ4n) is 3.43. The third-order valence-electron chi connectivity index (χ3n) is 4.29. The molecule has 4 nitrogen and oxygen atoms in total. The summed E-state index contributed by atoms with van der Waals surface area (Å²) in [5.74, 6) is 1.95. The number of benzene rings is 1. The van der Waals surface area contributed by atoms with E-state index in [1.807, 2.05) is 0 Å². The standard InChI is InChI=1S/C18H27ClN2O2/c1-13-9-14(2)12-21(11-13)8-4-7-20-18(22)16-10-15(19)5-6-17(16)23-3/h5-6,10,13-14H,4,7-9,11-12H2,1-3H3,(H,20,22)/t13-,14-/m0/s1. The number of rotatable bonds is 6. The van der Waals surface area contributed by atoms with E-state index < -0.39 is 0 Å². The molecule has 0 unspecified atom stereocenters. The van der Waals surface area contributed by atoms with Crippen molar-refractivity contribution in [3.63, 3.8) is 0 Å². The van der Waals surface area contributed by atoms with Gasteiger partial charge in [0.2, 0.25) is 0 Å². The number of methoxy groups -OCH3 is 1. The summed E-state index contributed by atoms with van der Waals surface area (Å²) in [6.45, 7) is 8.65. The van der Waals surface area contributed by atoms with E-state index in [0.717, 1.165) is 24.8 Å².